The summed E-state index contributed by atoms with van der Waals surface area (Å²) in [7, 11) is 3.75. The maximum absolute atomic E-state index is 5.47. The van der Waals surface area contributed by atoms with Gasteiger partial charge in [0.25, 0.3) is 0 Å². The second kappa shape index (κ2) is 6.88. The van der Waals surface area contributed by atoms with Crippen LogP contribution in [0.2, 0.25) is 0 Å². The highest BCUT2D eigenvalue weighted by Crippen LogP contribution is 2.20. The van der Waals surface area contributed by atoms with Gasteiger partial charge < -0.3 is 10.2 Å². The Labute approximate surface area is 119 Å². The standard InChI is InChI=1S/C15H20N4O/c1-19(10-12-6-3-4-8-14(12)20-2)11-13-7-5-9-17-15(13)18-16/h3-9H,10-11,16H2,1-2H3,(H,17,18). The molecular formula is C15H20N4O. The van der Waals surface area contributed by atoms with Gasteiger partial charge in [-0.25, -0.2) is 10.8 Å². The van der Waals surface area contributed by atoms with Crippen molar-refractivity contribution in [2.75, 3.05) is 19.6 Å². The number of rotatable bonds is 6. The molecule has 0 fully saturated rings. The number of nitrogens with two attached hydrogens (primary N) is 1. The average Bonchev–Trinajstić information content (AvgIpc) is 2.48. The maximum atomic E-state index is 5.47. The van der Waals surface area contributed by atoms with Crippen LogP contribution >= 0.6 is 0 Å². The number of pyridine rings is 1. The van der Waals surface area contributed by atoms with Gasteiger partial charge in [-0.05, 0) is 19.2 Å². The molecule has 0 saturated heterocycles. The molecule has 0 spiro atoms. The zero-order valence-electron chi connectivity index (χ0n) is 11.8. The van der Waals surface area contributed by atoms with Crippen LogP contribution < -0.4 is 16.0 Å². The minimum Gasteiger partial charge on any atom is -0.496 e. The summed E-state index contributed by atoms with van der Waals surface area (Å²) in [5, 5.41) is 0. The first kappa shape index (κ1) is 14.3. The monoisotopic (exact) mass is 272 g/mol. The molecule has 20 heavy (non-hydrogen) atoms. The van der Waals surface area contributed by atoms with Crippen molar-refractivity contribution in [1.82, 2.24) is 9.88 Å². The average molecular weight is 272 g/mol. The fraction of sp³-hybridized carbons (Fsp3) is 0.267. The third-order valence-electron chi connectivity index (χ3n) is 3.10. The lowest BCUT2D eigenvalue weighted by Crippen LogP contribution is -2.20. The summed E-state index contributed by atoms with van der Waals surface area (Å²) in [6, 6.07) is 12.0. The van der Waals surface area contributed by atoms with Crippen molar-refractivity contribution in [3.05, 3.63) is 53.7 Å². The van der Waals surface area contributed by atoms with Crippen LogP contribution in [0.5, 0.6) is 5.75 Å². The fourth-order valence-electron chi connectivity index (χ4n) is 2.17. The summed E-state index contributed by atoms with van der Waals surface area (Å²) in [6.07, 6.45) is 1.72. The molecule has 2 aromatic rings. The van der Waals surface area contributed by atoms with Gasteiger partial charge in [0.1, 0.15) is 11.6 Å². The molecule has 0 amide bonds. The van der Waals surface area contributed by atoms with Crippen LogP contribution in [-0.4, -0.2) is 24.0 Å². The zero-order chi connectivity index (χ0) is 14.4. The van der Waals surface area contributed by atoms with Crippen molar-refractivity contribution in [3.63, 3.8) is 0 Å². The van der Waals surface area contributed by atoms with E-state index in [1.54, 1.807) is 13.3 Å². The molecule has 1 aromatic carbocycles. The van der Waals surface area contributed by atoms with Crippen molar-refractivity contribution in [2.45, 2.75) is 13.1 Å². The molecule has 1 heterocycles. The van der Waals surface area contributed by atoms with Crippen LogP contribution in [0, 0.1) is 0 Å². The number of anilines is 1. The van der Waals surface area contributed by atoms with E-state index in [1.807, 2.05) is 30.3 Å². The number of nitrogen functional groups attached to an aromatic ring is 1. The van der Waals surface area contributed by atoms with Gasteiger partial charge >= 0.3 is 0 Å². The molecule has 0 radical (unpaired) electrons. The molecule has 5 nitrogen and oxygen atoms in total. The van der Waals surface area contributed by atoms with Crippen LogP contribution in [0.15, 0.2) is 42.6 Å². The number of benzene rings is 1. The Morgan fingerprint density at radius 2 is 1.85 bits per heavy atom. The lowest BCUT2D eigenvalue weighted by atomic mass is 10.1. The number of aromatic nitrogens is 1. The highest BCUT2D eigenvalue weighted by molar-refractivity contribution is 5.42. The van der Waals surface area contributed by atoms with Crippen LogP contribution in [0.3, 0.4) is 0 Å². The van der Waals surface area contributed by atoms with Crippen LogP contribution in [-0.2, 0) is 13.1 Å². The minimum absolute atomic E-state index is 0.708. The van der Waals surface area contributed by atoms with Crippen molar-refractivity contribution in [2.24, 2.45) is 5.84 Å². The Bertz CT molecular complexity index is 510. The maximum Gasteiger partial charge on any atom is 0.144 e. The fourth-order valence-corrected chi connectivity index (χ4v) is 2.17. The van der Waals surface area contributed by atoms with Crippen LogP contribution in [0.1, 0.15) is 11.1 Å². The Balaban J connectivity index is 2.07. The van der Waals surface area contributed by atoms with Crippen molar-refractivity contribution >= 4 is 5.82 Å². The second-order valence-electron chi connectivity index (χ2n) is 4.64. The van der Waals surface area contributed by atoms with Gasteiger partial charge in [0.05, 0.1) is 7.11 Å². The third kappa shape index (κ3) is 3.46. The predicted octanol–water partition coefficient (Wildman–Crippen LogP) is 2.01. The molecule has 0 atom stereocenters. The smallest absolute Gasteiger partial charge is 0.144 e. The topological polar surface area (TPSA) is 63.4 Å². The normalized spacial score (nSPS) is 10.6. The zero-order valence-corrected chi connectivity index (χ0v) is 11.8. The number of nitrogens with zero attached hydrogens (tertiary/aromatic N) is 2. The SMILES string of the molecule is COc1ccccc1CN(C)Cc1cccnc1NN. The lowest BCUT2D eigenvalue weighted by Gasteiger charge is -2.19. The molecule has 0 aliphatic rings. The van der Waals surface area contributed by atoms with E-state index in [0.717, 1.165) is 30.0 Å². The number of hydrogen-bond donors (Lipinski definition) is 2. The van der Waals surface area contributed by atoms with Gasteiger partial charge in [0, 0.05) is 30.4 Å². The lowest BCUT2D eigenvalue weighted by molar-refractivity contribution is 0.310. The van der Waals surface area contributed by atoms with E-state index in [0.29, 0.717) is 5.82 Å². The highest BCUT2D eigenvalue weighted by atomic mass is 16.5. The largest absolute Gasteiger partial charge is 0.496 e. The van der Waals surface area contributed by atoms with E-state index in [2.05, 4.69) is 28.4 Å². The predicted molar refractivity (Wildman–Crippen MR) is 80.2 cm³/mol. The Kier molecular flexibility index (Phi) is 4.92. The summed E-state index contributed by atoms with van der Waals surface area (Å²) in [5.74, 6) is 7.09. The first-order valence-corrected chi connectivity index (χ1v) is 6.45. The molecule has 106 valence electrons. The summed E-state index contributed by atoms with van der Waals surface area (Å²) in [6.45, 7) is 1.55. The first-order valence-electron chi connectivity index (χ1n) is 6.45. The minimum atomic E-state index is 0.708. The van der Waals surface area contributed by atoms with E-state index in [9.17, 15) is 0 Å². The van der Waals surface area contributed by atoms with Gasteiger partial charge in [-0.15, -0.1) is 0 Å². The summed E-state index contributed by atoms with van der Waals surface area (Å²) >= 11 is 0. The van der Waals surface area contributed by atoms with E-state index in [1.165, 1.54) is 0 Å². The summed E-state index contributed by atoms with van der Waals surface area (Å²) in [5.41, 5.74) is 4.84. The van der Waals surface area contributed by atoms with E-state index in [-0.39, 0.29) is 0 Å². The number of ether oxygens (including phenoxy) is 1. The van der Waals surface area contributed by atoms with Gasteiger partial charge in [-0.2, -0.15) is 0 Å². The number of methoxy groups -OCH3 is 1. The van der Waals surface area contributed by atoms with Gasteiger partial charge in [-0.3, -0.25) is 4.90 Å². The Morgan fingerprint density at radius 1 is 1.15 bits per heavy atom. The van der Waals surface area contributed by atoms with E-state index >= 15 is 0 Å². The number of hydrogen-bond acceptors (Lipinski definition) is 5. The molecule has 0 aliphatic heterocycles. The van der Waals surface area contributed by atoms with Crippen LogP contribution in [0.25, 0.3) is 0 Å². The molecule has 0 saturated carbocycles. The molecule has 0 bridgehead atoms. The quantitative estimate of drug-likeness (QED) is 0.622. The van der Waals surface area contributed by atoms with Gasteiger partial charge in [0.15, 0.2) is 0 Å². The molecule has 3 N–H and O–H groups in total. The van der Waals surface area contributed by atoms with Crippen molar-refractivity contribution < 1.29 is 4.74 Å². The summed E-state index contributed by atoms with van der Waals surface area (Å²) < 4.78 is 5.37. The van der Waals surface area contributed by atoms with Crippen molar-refractivity contribution in [3.8, 4) is 5.75 Å². The highest BCUT2D eigenvalue weighted by Gasteiger charge is 2.08. The number of hydrazine groups is 1. The molecule has 5 heteroatoms. The van der Waals surface area contributed by atoms with E-state index < -0.39 is 0 Å². The number of para-hydroxylation sites is 1. The molecular weight excluding hydrogens is 252 g/mol. The van der Waals surface area contributed by atoms with Crippen molar-refractivity contribution in [1.29, 1.82) is 0 Å². The Morgan fingerprint density at radius 3 is 2.60 bits per heavy atom. The molecule has 1 aromatic heterocycles. The van der Waals surface area contributed by atoms with Gasteiger partial charge in [-0.1, -0.05) is 24.3 Å². The Hall–Kier alpha value is -2.11. The third-order valence-corrected chi connectivity index (χ3v) is 3.10. The molecule has 0 unspecified atom stereocenters. The number of nitrogens with one attached hydrogen (secondary N) is 1. The molecule has 2 rings (SSSR count). The molecule has 0 aliphatic carbocycles. The van der Waals surface area contributed by atoms with Gasteiger partial charge in [0.2, 0.25) is 0 Å². The summed E-state index contributed by atoms with van der Waals surface area (Å²) in [4.78, 5) is 6.39. The van der Waals surface area contributed by atoms with Crippen LogP contribution in [0.4, 0.5) is 5.82 Å². The van der Waals surface area contributed by atoms with E-state index in [4.69, 9.17) is 10.6 Å². The first-order chi connectivity index (χ1) is 9.74. The second-order valence-corrected chi connectivity index (χ2v) is 4.64.